The summed E-state index contributed by atoms with van der Waals surface area (Å²) in [5.74, 6) is 0.857. The predicted octanol–water partition coefficient (Wildman–Crippen LogP) is 3.69. The lowest BCUT2D eigenvalue weighted by Gasteiger charge is -2.09. The average Bonchev–Trinajstić information content (AvgIpc) is 2.92. The molecule has 0 aliphatic rings. The van der Waals surface area contributed by atoms with Crippen molar-refractivity contribution in [3.8, 4) is 11.5 Å². The maximum atomic E-state index is 11.8. The van der Waals surface area contributed by atoms with E-state index in [1.54, 1.807) is 23.5 Å². The molecule has 1 aromatic heterocycles. The quantitative estimate of drug-likeness (QED) is 0.596. The summed E-state index contributed by atoms with van der Waals surface area (Å²) in [4.78, 5) is 13.0. The first-order valence-electron chi connectivity index (χ1n) is 6.24. The molecule has 0 saturated carbocycles. The minimum Gasteiger partial charge on any atom is -0.490 e. The van der Waals surface area contributed by atoms with Crippen LogP contribution in [0, 0.1) is 0 Å². The molecule has 2 aromatic rings. The summed E-state index contributed by atoms with van der Waals surface area (Å²) in [6, 6.07) is 11.2. The SMILES string of the molecule is CCOc1ccccc1OC(=O)CCc1cccs1. The summed E-state index contributed by atoms with van der Waals surface area (Å²) in [5, 5.41) is 2.01. The summed E-state index contributed by atoms with van der Waals surface area (Å²) < 4.78 is 10.8. The lowest BCUT2D eigenvalue weighted by molar-refractivity contribution is -0.134. The van der Waals surface area contributed by atoms with Gasteiger partial charge in [-0.25, -0.2) is 0 Å². The molecule has 0 bridgehead atoms. The molecule has 1 heterocycles. The van der Waals surface area contributed by atoms with Gasteiger partial charge in [0, 0.05) is 4.88 Å². The Morgan fingerprint density at radius 1 is 1.16 bits per heavy atom. The first-order chi connectivity index (χ1) is 9.29. The van der Waals surface area contributed by atoms with Gasteiger partial charge >= 0.3 is 5.97 Å². The van der Waals surface area contributed by atoms with Crippen LogP contribution in [0.1, 0.15) is 18.2 Å². The highest BCUT2D eigenvalue weighted by molar-refractivity contribution is 7.09. The molecule has 0 N–H and O–H groups in total. The van der Waals surface area contributed by atoms with Gasteiger partial charge in [-0.2, -0.15) is 0 Å². The van der Waals surface area contributed by atoms with Gasteiger partial charge in [0.05, 0.1) is 13.0 Å². The molecule has 0 atom stereocenters. The van der Waals surface area contributed by atoms with Crippen LogP contribution in [0.2, 0.25) is 0 Å². The van der Waals surface area contributed by atoms with E-state index in [1.807, 2.05) is 36.6 Å². The van der Waals surface area contributed by atoms with Crippen molar-refractivity contribution in [2.45, 2.75) is 19.8 Å². The summed E-state index contributed by atoms with van der Waals surface area (Å²) in [6.07, 6.45) is 1.09. The largest absolute Gasteiger partial charge is 0.490 e. The van der Waals surface area contributed by atoms with Crippen LogP contribution in [0.4, 0.5) is 0 Å². The lowest BCUT2D eigenvalue weighted by Crippen LogP contribution is -2.09. The zero-order valence-corrected chi connectivity index (χ0v) is 11.6. The molecule has 0 aliphatic carbocycles. The monoisotopic (exact) mass is 276 g/mol. The van der Waals surface area contributed by atoms with Gasteiger partial charge in [-0.15, -0.1) is 11.3 Å². The van der Waals surface area contributed by atoms with Crippen LogP contribution < -0.4 is 9.47 Å². The number of para-hydroxylation sites is 2. The normalized spacial score (nSPS) is 10.2. The molecule has 2 rings (SSSR count). The van der Waals surface area contributed by atoms with Gasteiger partial charge in [-0.05, 0) is 36.9 Å². The fourth-order valence-electron chi connectivity index (χ4n) is 1.66. The number of hydrogen-bond donors (Lipinski definition) is 0. The molecular weight excluding hydrogens is 260 g/mol. The van der Waals surface area contributed by atoms with Gasteiger partial charge in [0.15, 0.2) is 11.5 Å². The second-order valence-corrected chi connectivity index (χ2v) is 4.97. The molecule has 0 spiro atoms. The Kier molecular flexibility index (Phi) is 4.98. The predicted molar refractivity (Wildman–Crippen MR) is 75.9 cm³/mol. The maximum absolute atomic E-state index is 11.8. The Balaban J connectivity index is 1.91. The summed E-state index contributed by atoms with van der Waals surface area (Å²) in [5.41, 5.74) is 0. The second kappa shape index (κ2) is 6.95. The number of carbonyl (C=O) groups is 1. The maximum Gasteiger partial charge on any atom is 0.311 e. The van der Waals surface area contributed by atoms with Crippen LogP contribution >= 0.6 is 11.3 Å². The van der Waals surface area contributed by atoms with Crippen LogP contribution in [-0.2, 0) is 11.2 Å². The Hall–Kier alpha value is -1.81. The van der Waals surface area contributed by atoms with E-state index in [2.05, 4.69) is 0 Å². The molecule has 0 fully saturated rings. The minimum atomic E-state index is -0.236. The molecular formula is C15H16O3S. The molecule has 19 heavy (non-hydrogen) atoms. The number of esters is 1. The van der Waals surface area contributed by atoms with E-state index >= 15 is 0 Å². The third-order valence-electron chi connectivity index (χ3n) is 2.53. The van der Waals surface area contributed by atoms with Gasteiger partial charge in [0.1, 0.15) is 0 Å². The Labute approximate surface area is 116 Å². The van der Waals surface area contributed by atoms with Crippen LogP contribution in [0.25, 0.3) is 0 Å². The van der Waals surface area contributed by atoms with Gasteiger partial charge in [0.25, 0.3) is 0 Å². The Morgan fingerprint density at radius 2 is 1.95 bits per heavy atom. The number of thiophene rings is 1. The first-order valence-corrected chi connectivity index (χ1v) is 7.12. The van der Waals surface area contributed by atoms with Crippen molar-refractivity contribution in [2.75, 3.05) is 6.61 Å². The second-order valence-electron chi connectivity index (χ2n) is 3.93. The molecule has 0 radical (unpaired) electrons. The molecule has 0 aliphatic heterocycles. The van der Waals surface area contributed by atoms with Gasteiger partial charge in [-0.1, -0.05) is 18.2 Å². The van der Waals surface area contributed by atoms with E-state index in [9.17, 15) is 4.79 Å². The molecule has 0 amide bonds. The molecule has 3 nitrogen and oxygen atoms in total. The summed E-state index contributed by atoms with van der Waals surface area (Å²) in [6.45, 7) is 2.44. The number of carbonyl (C=O) groups excluding carboxylic acids is 1. The van der Waals surface area contributed by atoms with Crippen molar-refractivity contribution in [1.82, 2.24) is 0 Å². The molecule has 4 heteroatoms. The molecule has 1 aromatic carbocycles. The standard InChI is InChI=1S/C15H16O3S/c1-2-17-13-7-3-4-8-14(13)18-15(16)10-9-12-6-5-11-19-12/h3-8,11H,2,9-10H2,1H3. The first kappa shape index (κ1) is 13.6. The van der Waals surface area contributed by atoms with Gasteiger partial charge < -0.3 is 9.47 Å². The van der Waals surface area contributed by atoms with Gasteiger partial charge in [0.2, 0.25) is 0 Å². The number of rotatable bonds is 6. The highest BCUT2D eigenvalue weighted by Crippen LogP contribution is 2.26. The molecule has 0 saturated heterocycles. The third kappa shape index (κ3) is 4.10. The highest BCUT2D eigenvalue weighted by Gasteiger charge is 2.10. The number of aryl methyl sites for hydroxylation is 1. The van der Waals surface area contributed by atoms with E-state index in [0.717, 1.165) is 0 Å². The van der Waals surface area contributed by atoms with Crippen molar-refractivity contribution in [2.24, 2.45) is 0 Å². The number of hydrogen-bond acceptors (Lipinski definition) is 4. The lowest BCUT2D eigenvalue weighted by atomic mass is 10.2. The van der Waals surface area contributed by atoms with Crippen molar-refractivity contribution < 1.29 is 14.3 Å². The van der Waals surface area contributed by atoms with E-state index < -0.39 is 0 Å². The third-order valence-corrected chi connectivity index (χ3v) is 3.46. The van der Waals surface area contributed by atoms with E-state index in [-0.39, 0.29) is 5.97 Å². The summed E-state index contributed by atoms with van der Waals surface area (Å²) >= 11 is 1.65. The van der Waals surface area contributed by atoms with E-state index in [0.29, 0.717) is 30.9 Å². The smallest absolute Gasteiger partial charge is 0.311 e. The number of benzene rings is 1. The fourth-order valence-corrected chi connectivity index (χ4v) is 2.37. The zero-order valence-electron chi connectivity index (χ0n) is 10.8. The zero-order chi connectivity index (χ0) is 13.5. The van der Waals surface area contributed by atoms with Crippen LogP contribution in [0.5, 0.6) is 11.5 Å². The summed E-state index contributed by atoms with van der Waals surface area (Å²) in [7, 11) is 0. The van der Waals surface area contributed by atoms with Crippen molar-refractivity contribution in [3.05, 3.63) is 46.7 Å². The Bertz CT molecular complexity index is 520. The van der Waals surface area contributed by atoms with Crippen LogP contribution in [0.3, 0.4) is 0 Å². The Morgan fingerprint density at radius 3 is 2.63 bits per heavy atom. The van der Waals surface area contributed by atoms with Crippen molar-refractivity contribution in [1.29, 1.82) is 0 Å². The fraction of sp³-hybridized carbons (Fsp3) is 0.267. The van der Waals surface area contributed by atoms with Crippen LogP contribution in [0.15, 0.2) is 41.8 Å². The van der Waals surface area contributed by atoms with Crippen molar-refractivity contribution in [3.63, 3.8) is 0 Å². The minimum absolute atomic E-state index is 0.236. The molecule has 100 valence electrons. The average molecular weight is 276 g/mol. The van der Waals surface area contributed by atoms with E-state index in [1.165, 1.54) is 4.88 Å². The number of ether oxygens (including phenoxy) is 2. The molecule has 0 unspecified atom stereocenters. The van der Waals surface area contributed by atoms with Crippen LogP contribution in [-0.4, -0.2) is 12.6 Å². The van der Waals surface area contributed by atoms with E-state index in [4.69, 9.17) is 9.47 Å². The highest BCUT2D eigenvalue weighted by atomic mass is 32.1. The topological polar surface area (TPSA) is 35.5 Å². The van der Waals surface area contributed by atoms with Gasteiger partial charge in [-0.3, -0.25) is 4.79 Å². The van der Waals surface area contributed by atoms with Crippen molar-refractivity contribution >= 4 is 17.3 Å².